The van der Waals surface area contributed by atoms with E-state index in [1.165, 1.54) is 0 Å². The van der Waals surface area contributed by atoms with Crippen LogP contribution in [0.25, 0.3) is 0 Å². The van der Waals surface area contributed by atoms with Gasteiger partial charge in [0, 0.05) is 6.42 Å². The van der Waals surface area contributed by atoms with Gasteiger partial charge in [-0.15, -0.1) is 0 Å². The summed E-state index contributed by atoms with van der Waals surface area (Å²) >= 11 is 0. The van der Waals surface area contributed by atoms with Gasteiger partial charge in [-0.1, -0.05) is 6.92 Å². The molecule has 0 fully saturated rings. The van der Waals surface area contributed by atoms with E-state index >= 15 is 0 Å². The van der Waals surface area contributed by atoms with Gasteiger partial charge in [-0.2, -0.15) is 0 Å². The molecule has 0 amide bonds. The van der Waals surface area contributed by atoms with Crippen molar-refractivity contribution in [2.75, 3.05) is 6.61 Å². The first-order valence-corrected chi connectivity index (χ1v) is 2.96. The van der Waals surface area contributed by atoms with Gasteiger partial charge in [0.2, 0.25) is 0 Å². The first kappa shape index (κ1) is 12.0. The maximum absolute atomic E-state index is 10.4. The Morgan fingerprint density at radius 2 is 2.00 bits per heavy atom. The van der Waals surface area contributed by atoms with Crippen molar-refractivity contribution < 1.29 is 9.53 Å². The van der Waals surface area contributed by atoms with Crippen molar-refractivity contribution in [3.63, 3.8) is 0 Å². The van der Waals surface area contributed by atoms with E-state index in [1.54, 1.807) is 0 Å². The molecule has 2 radical (unpaired) electrons. The van der Waals surface area contributed by atoms with Crippen LogP contribution in [0.2, 0.25) is 0 Å². The second-order valence-electron chi connectivity index (χ2n) is 1.56. The van der Waals surface area contributed by atoms with Gasteiger partial charge < -0.3 is 4.74 Å². The van der Waals surface area contributed by atoms with Crippen molar-refractivity contribution in [1.82, 2.24) is 0 Å². The Hall–Kier alpha value is 0.269. The second-order valence-corrected chi connectivity index (χ2v) is 1.56. The number of carbonyl (C=O) groups is 1. The SMILES string of the molecule is CCCC(=O)OCC.[SnH2]. The Balaban J connectivity index is 0. The van der Waals surface area contributed by atoms with Gasteiger partial charge in [-0.3, -0.25) is 4.79 Å². The molecule has 0 N–H and O–H groups in total. The summed E-state index contributed by atoms with van der Waals surface area (Å²) in [7, 11) is 0. The Labute approximate surface area is 72.9 Å². The number of rotatable bonds is 3. The van der Waals surface area contributed by atoms with Crippen molar-refractivity contribution in [2.24, 2.45) is 0 Å². The van der Waals surface area contributed by atoms with Crippen molar-refractivity contribution in [2.45, 2.75) is 26.7 Å². The number of carbonyl (C=O) groups excluding carboxylic acids is 1. The predicted octanol–water partition coefficient (Wildman–Crippen LogP) is 0.433. The normalized spacial score (nSPS) is 7.78. The summed E-state index contributed by atoms with van der Waals surface area (Å²) < 4.78 is 4.64. The second kappa shape index (κ2) is 8.27. The van der Waals surface area contributed by atoms with Gasteiger partial charge in [0.05, 0.1) is 6.61 Å². The fraction of sp³-hybridized carbons (Fsp3) is 0.833. The molecule has 0 aromatic rings. The van der Waals surface area contributed by atoms with E-state index in [0.29, 0.717) is 13.0 Å². The van der Waals surface area contributed by atoms with Crippen LogP contribution in [0, 0.1) is 0 Å². The van der Waals surface area contributed by atoms with Gasteiger partial charge in [0.15, 0.2) is 0 Å². The number of esters is 1. The Morgan fingerprint density at radius 3 is 2.33 bits per heavy atom. The average molecular weight is 237 g/mol. The third kappa shape index (κ3) is 8.27. The Bertz CT molecular complexity index is 65.5. The van der Waals surface area contributed by atoms with Crippen LogP contribution in [-0.2, 0) is 9.53 Å². The van der Waals surface area contributed by atoms with Crippen LogP contribution in [0.3, 0.4) is 0 Å². The third-order valence-electron chi connectivity index (χ3n) is 0.759. The zero-order valence-corrected chi connectivity index (χ0v) is 10.2. The van der Waals surface area contributed by atoms with Crippen molar-refractivity contribution >= 4 is 29.9 Å². The monoisotopic (exact) mass is 238 g/mol. The molecule has 0 aliphatic rings. The van der Waals surface area contributed by atoms with Gasteiger partial charge in [0.25, 0.3) is 0 Å². The number of hydrogen-bond acceptors (Lipinski definition) is 2. The maximum atomic E-state index is 10.4. The molecule has 0 saturated heterocycles. The van der Waals surface area contributed by atoms with E-state index in [2.05, 4.69) is 4.74 Å². The number of hydrogen-bond donors (Lipinski definition) is 0. The van der Waals surface area contributed by atoms with Gasteiger partial charge in [-0.25, -0.2) is 0 Å². The van der Waals surface area contributed by atoms with Crippen molar-refractivity contribution in [3.05, 3.63) is 0 Å². The molecule has 0 unspecified atom stereocenters. The van der Waals surface area contributed by atoms with E-state index in [1.807, 2.05) is 13.8 Å². The van der Waals surface area contributed by atoms with Crippen LogP contribution in [0.1, 0.15) is 26.7 Å². The predicted molar refractivity (Wildman–Crippen MR) is 40.1 cm³/mol. The molecular weight excluding hydrogens is 223 g/mol. The summed E-state index contributed by atoms with van der Waals surface area (Å²) in [5.74, 6) is -0.0880. The minimum atomic E-state index is -0.0880. The Kier molecular flexibility index (Phi) is 11.0. The summed E-state index contributed by atoms with van der Waals surface area (Å²) in [6.45, 7) is 4.27. The molecule has 0 aliphatic carbocycles. The minimum absolute atomic E-state index is 0. The van der Waals surface area contributed by atoms with E-state index in [0.717, 1.165) is 6.42 Å². The fourth-order valence-electron chi connectivity index (χ4n) is 0.437. The fourth-order valence-corrected chi connectivity index (χ4v) is 0.437. The summed E-state index contributed by atoms with van der Waals surface area (Å²) in [4.78, 5) is 10.4. The van der Waals surface area contributed by atoms with Gasteiger partial charge in [0.1, 0.15) is 0 Å². The molecule has 0 heterocycles. The first-order valence-electron chi connectivity index (χ1n) is 2.96. The molecule has 2 nitrogen and oxygen atoms in total. The molecule has 9 heavy (non-hydrogen) atoms. The van der Waals surface area contributed by atoms with Crippen LogP contribution < -0.4 is 0 Å². The van der Waals surface area contributed by atoms with Gasteiger partial charge in [-0.05, 0) is 13.3 Å². The molecule has 0 saturated carbocycles. The standard InChI is InChI=1S/C6H12O2.Sn.2H/c1-3-5-6(7)8-4-2;;;/h3-5H2,1-2H3;;;. The molecule has 0 aromatic carbocycles. The quantitative estimate of drug-likeness (QED) is 0.525. The molecular formula is C6H14O2Sn. The first-order chi connectivity index (χ1) is 3.81. The van der Waals surface area contributed by atoms with Crippen LogP contribution in [0.5, 0.6) is 0 Å². The topological polar surface area (TPSA) is 26.3 Å². The summed E-state index contributed by atoms with van der Waals surface area (Å²) in [6.07, 6.45) is 1.42. The van der Waals surface area contributed by atoms with Crippen LogP contribution in [0.15, 0.2) is 0 Å². The summed E-state index contributed by atoms with van der Waals surface area (Å²) in [5, 5.41) is 0. The molecule has 0 spiro atoms. The van der Waals surface area contributed by atoms with Crippen molar-refractivity contribution in [1.29, 1.82) is 0 Å². The average Bonchev–Trinajstić information content (AvgIpc) is 1.68. The molecule has 0 aromatic heterocycles. The molecule has 0 rings (SSSR count). The van der Waals surface area contributed by atoms with Crippen LogP contribution >= 0.6 is 0 Å². The molecule has 0 bridgehead atoms. The van der Waals surface area contributed by atoms with E-state index in [9.17, 15) is 4.79 Å². The number of ether oxygens (including phenoxy) is 1. The van der Waals surface area contributed by atoms with Crippen molar-refractivity contribution in [3.8, 4) is 0 Å². The van der Waals surface area contributed by atoms with E-state index in [4.69, 9.17) is 0 Å². The summed E-state index contributed by atoms with van der Waals surface area (Å²) in [6, 6.07) is 0. The third-order valence-corrected chi connectivity index (χ3v) is 0.759. The zero-order chi connectivity index (χ0) is 6.41. The van der Waals surface area contributed by atoms with Gasteiger partial charge >= 0.3 is 29.9 Å². The van der Waals surface area contributed by atoms with Crippen LogP contribution in [-0.4, -0.2) is 36.5 Å². The molecule has 0 aliphatic heterocycles. The van der Waals surface area contributed by atoms with E-state index in [-0.39, 0.29) is 29.9 Å². The molecule has 54 valence electrons. The van der Waals surface area contributed by atoms with Crippen LogP contribution in [0.4, 0.5) is 0 Å². The molecule has 0 atom stereocenters. The molecule has 3 heteroatoms. The summed E-state index contributed by atoms with van der Waals surface area (Å²) in [5.41, 5.74) is 0. The van der Waals surface area contributed by atoms with E-state index < -0.39 is 0 Å². The Morgan fingerprint density at radius 1 is 1.44 bits per heavy atom. The zero-order valence-electron chi connectivity index (χ0n) is 6.14.